The summed E-state index contributed by atoms with van der Waals surface area (Å²) in [4.78, 5) is 13.1. The molecule has 1 aliphatic rings. The minimum absolute atomic E-state index is 0.0406. The Morgan fingerprint density at radius 2 is 1.97 bits per heavy atom. The first kappa shape index (κ1) is 21.0. The SMILES string of the molecule is CC1=C(C(=O)Nc2ccc(C)c(Cl)c2)C(c2ccccc2OC(F)F)NC(=S)N1. The van der Waals surface area contributed by atoms with Crippen LogP contribution in [0.3, 0.4) is 0 Å². The second-order valence-electron chi connectivity index (χ2n) is 6.40. The summed E-state index contributed by atoms with van der Waals surface area (Å²) >= 11 is 11.3. The van der Waals surface area contributed by atoms with Crippen LogP contribution in [0.15, 0.2) is 53.7 Å². The third-order valence-corrected chi connectivity index (χ3v) is 5.02. The summed E-state index contributed by atoms with van der Waals surface area (Å²) in [5.41, 5.74) is 2.54. The molecule has 152 valence electrons. The highest BCUT2D eigenvalue weighted by Gasteiger charge is 2.32. The van der Waals surface area contributed by atoms with Crippen LogP contribution >= 0.6 is 23.8 Å². The number of halogens is 3. The first-order valence-corrected chi connectivity index (χ1v) is 9.44. The zero-order valence-electron chi connectivity index (χ0n) is 15.6. The lowest BCUT2D eigenvalue weighted by Crippen LogP contribution is -2.45. The van der Waals surface area contributed by atoms with Gasteiger partial charge in [0, 0.05) is 22.0 Å². The van der Waals surface area contributed by atoms with Gasteiger partial charge in [0.25, 0.3) is 5.91 Å². The van der Waals surface area contributed by atoms with Crippen molar-refractivity contribution in [1.29, 1.82) is 0 Å². The van der Waals surface area contributed by atoms with Gasteiger partial charge in [0.1, 0.15) is 5.75 Å². The molecule has 1 amide bonds. The van der Waals surface area contributed by atoms with Crippen molar-refractivity contribution in [2.24, 2.45) is 0 Å². The van der Waals surface area contributed by atoms with Gasteiger partial charge in [-0.1, -0.05) is 35.9 Å². The third kappa shape index (κ3) is 4.83. The van der Waals surface area contributed by atoms with Crippen LogP contribution in [0.4, 0.5) is 14.5 Å². The Morgan fingerprint density at radius 3 is 2.66 bits per heavy atom. The molecule has 5 nitrogen and oxygen atoms in total. The number of aryl methyl sites for hydroxylation is 1. The summed E-state index contributed by atoms with van der Waals surface area (Å²) in [6.45, 7) is 0.544. The van der Waals surface area contributed by atoms with E-state index in [2.05, 4.69) is 20.7 Å². The third-order valence-electron chi connectivity index (χ3n) is 4.39. The number of allylic oxidation sites excluding steroid dienone is 1. The number of carbonyl (C=O) groups is 1. The van der Waals surface area contributed by atoms with Crippen molar-refractivity contribution in [3.8, 4) is 5.75 Å². The number of hydrogen-bond donors (Lipinski definition) is 3. The number of anilines is 1. The maximum Gasteiger partial charge on any atom is 0.387 e. The van der Waals surface area contributed by atoms with E-state index in [1.54, 1.807) is 43.3 Å². The Morgan fingerprint density at radius 1 is 1.24 bits per heavy atom. The van der Waals surface area contributed by atoms with Crippen LogP contribution in [0.1, 0.15) is 24.1 Å². The van der Waals surface area contributed by atoms with Crippen LogP contribution in [0, 0.1) is 6.92 Å². The quantitative estimate of drug-likeness (QED) is 0.593. The van der Waals surface area contributed by atoms with E-state index in [9.17, 15) is 13.6 Å². The van der Waals surface area contributed by atoms with Crippen LogP contribution in [-0.2, 0) is 4.79 Å². The van der Waals surface area contributed by atoms with Crippen molar-refractivity contribution >= 4 is 40.5 Å². The summed E-state index contributed by atoms with van der Waals surface area (Å²) in [6, 6.07) is 10.6. The van der Waals surface area contributed by atoms with Crippen molar-refractivity contribution in [3.63, 3.8) is 0 Å². The Labute approximate surface area is 177 Å². The summed E-state index contributed by atoms with van der Waals surface area (Å²) in [5, 5.41) is 9.44. The van der Waals surface area contributed by atoms with E-state index in [4.69, 9.17) is 23.8 Å². The van der Waals surface area contributed by atoms with Crippen molar-refractivity contribution in [2.45, 2.75) is 26.5 Å². The van der Waals surface area contributed by atoms with E-state index in [0.717, 1.165) is 5.56 Å². The molecular formula is C20H18ClF2N3O2S. The van der Waals surface area contributed by atoms with Gasteiger partial charge in [-0.15, -0.1) is 0 Å². The molecule has 0 fully saturated rings. The summed E-state index contributed by atoms with van der Waals surface area (Å²) in [5.74, 6) is -0.469. The van der Waals surface area contributed by atoms with Gasteiger partial charge in [-0.05, 0) is 49.8 Å². The molecule has 1 aliphatic heterocycles. The van der Waals surface area contributed by atoms with E-state index < -0.39 is 18.6 Å². The number of nitrogens with one attached hydrogen (secondary N) is 3. The molecule has 3 rings (SSSR count). The van der Waals surface area contributed by atoms with E-state index in [-0.39, 0.29) is 10.9 Å². The lowest BCUT2D eigenvalue weighted by molar-refractivity contribution is -0.113. The summed E-state index contributed by atoms with van der Waals surface area (Å²) in [6.07, 6.45) is 0. The molecule has 0 radical (unpaired) electrons. The number of rotatable bonds is 5. The molecule has 1 atom stereocenters. The van der Waals surface area contributed by atoms with Gasteiger partial charge in [-0.3, -0.25) is 4.79 Å². The maximum absolute atomic E-state index is 13.1. The maximum atomic E-state index is 13.1. The normalized spacial score (nSPS) is 16.3. The number of ether oxygens (including phenoxy) is 1. The fraction of sp³-hybridized carbons (Fsp3) is 0.200. The summed E-state index contributed by atoms with van der Waals surface area (Å²) in [7, 11) is 0. The predicted octanol–water partition coefficient (Wildman–Crippen LogP) is 4.68. The number of alkyl halides is 2. The molecule has 2 aromatic carbocycles. The fourth-order valence-corrected chi connectivity index (χ4v) is 3.47. The Kier molecular flexibility index (Phi) is 6.34. The lowest BCUT2D eigenvalue weighted by Gasteiger charge is -2.31. The topological polar surface area (TPSA) is 62.4 Å². The smallest absolute Gasteiger partial charge is 0.387 e. The highest BCUT2D eigenvalue weighted by molar-refractivity contribution is 7.80. The first-order chi connectivity index (χ1) is 13.8. The van der Waals surface area contributed by atoms with Crippen LogP contribution in [0.5, 0.6) is 5.75 Å². The molecule has 0 saturated heterocycles. The highest BCUT2D eigenvalue weighted by Crippen LogP contribution is 2.34. The van der Waals surface area contributed by atoms with Crippen molar-refractivity contribution in [2.75, 3.05) is 5.32 Å². The molecule has 2 aromatic rings. The van der Waals surface area contributed by atoms with E-state index in [1.165, 1.54) is 6.07 Å². The average molecular weight is 438 g/mol. The van der Waals surface area contributed by atoms with E-state index >= 15 is 0 Å². The number of thiocarbonyl (C=S) groups is 1. The molecule has 0 aliphatic carbocycles. The fourth-order valence-electron chi connectivity index (χ4n) is 3.02. The summed E-state index contributed by atoms with van der Waals surface area (Å²) < 4.78 is 30.3. The molecule has 1 unspecified atom stereocenters. The molecule has 0 aromatic heterocycles. The van der Waals surface area contributed by atoms with Crippen molar-refractivity contribution < 1.29 is 18.3 Å². The van der Waals surface area contributed by atoms with Crippen LogP contribution in [0.2, 0.25) is 5.02 Å². The van der Waals surface area contributed by atoms with Crippen molar-refractivity contribution in [3.05, 3.63) is 69.9 Å². The van der Waals surface area contributed by atoms with Gasteiger partial charge in [-0.2, -0.15) is 8.78 Å². The van der Waals surface area contributed by atoms with E-state index in [0.29, 0.717) is 27.5 Å². The van der Waals surface area contributed by atoms with Gasteiger partial charge < -0.3 is 20.7 Å². The van der Waals surface area contributed by atoms with Crippen LogP contribution < -0.4 is 20.7 Å². The molecule has 1 heterocycles. The zero-order chi connectivity index (χ0) is 21.1. The number of para-hydroxylation sites is 1. The minimum atomic E-state index is -3.00. The predicted molar refractivity (Wildman–Crippen MR) is 112 cm³/mol. The molecular weight excluding hydrogens is 420 g/mol. The van der Waals surface area contributed by atoms with Crippen molar-refractivity contribution in [1.82, 2.24) is 10.6 Å². The first-order valence-electron chi connectivity index (χ1n) is 8.65. The Hall–Kier alpha value is -2.71. The molecule has 29 heavy (non-hydrogen) atoms. The van der Waals surface area contributed by atoms with E-state index in [1.807, 2.05) is 6.92 Å². The second kappa shape index (κ2) is 8.75. The number of carbonyl (C=O) groups excluding carboxylic acids is 1. The standard InChI is InChI=1S/C20H18ClF2N3O2S/c1-10-7-8-12(9-14(10)21)25-18(27)16-11(2)24-20(29)26-17(16)13-5-3-4-6-15(13)28-19(22)23/h3-9,17,19H,1-2H3,(H,25,27)(H2,24,26,29). The van der Waals surface area contributed by atoms with Gasteiger partial charge >= 0.3 is 6.61 Å². The molecule has 0 bridgehead atoms. The molecule has 3 N–H and O–H groups in total. The highest BCUT2D eigenvalue weighted by atomic mass is 35.5. The minimum Gasteiger partial charge on any atom is -0.434 e. The average Bonchev–Trinajstić information content (AvgIpc) is 2.64. The van der Waals surface area contributed by atoms with Gasteiger partial charge in [-0.25, -0.2) is 0 Å². The molecule has 9 heteroatoms. The molecule has 0 saturated carbocycles. The number of amides is 1. The zero-order valence-corrected chi connectivity index (χ0v) is 17.1. The van der Waals surface area contributed by atoms with Gasteiger partial charge in [0.15, 0.2) is 5.11 Å². The number of benzene rings is 2. The monoisotopic (exact) mass is 437 g/mol. The lowest BCUT2D eigenvalue weighted by atomic mass is 9.94. The van der Waals surface area contributed by atoms with Crippen LogP contribution in [-0.4, -0.2) is 17.6 Å². The largest absolute Gasteiger partial charge is 0.434 e. The number of hydrogen-bond acceptors (Lipinski definition) is 3. The van der Waals surface area contributed by atoms with Gasteiger partial charge in [0.2, 0.25) is 0 Å². The Bertz CT molecular complexity index is 997. The second-order valence-corrected chi connectivity index (χ2v) is 7.22. The molecule has 0 spiro atoms. The van der Waals surface area contributed by atoms with Crippen LogP contribution in [0.25, 0.3) is 0 Å². The Balaban J connectivity index is 1.98. The van der Waals surface area contributed by atoms with Gasteiger partial charge in [0.05, 0.1) is 11.6 Å².